The maximum Gasteiger partial charge on any atom is 0.184 e. The molecule has 2 heterocycles. The summed E-state index contributed by atoms with van der Waals surface area (Å²) < 4.78 is 5.43. The lowest BCUT2D eigenvalue weighted by molar-refractivity contribution is 0.0985. The zero-order valence-corrected chi connectivity index (χ0v) is 12.1. The van der Waals surface area contributed by atoms with E-state index in [1.165, 1.54) is 0 Å². The minimum Gasteiger partial charge on any atom is -0.380 e. The number of ether oxygens (including phenoxy) is 1. The normalized spacial score (nSPS) is 15.5. The number of nitriles is 1. The molecular formula is C14H17N3O2S. The van der Waals surface area contributed by atoms with E-state index in [0.29, 0.717) is 24.5 Å². The van der Waals surface area contributed by atoms with Gasteiger partial charge in [-0.2, -0.15) is 17.9 Å². The summed E-state index contributed by atoms with van der Waals surface area (Å²) in [5, 5.41) is 8.95. The van der Waals surface area contributed by atoms with Crippen molar-refractivity contribution >= 4 is 24.1 Å². The Hall–Kier alpha value is -1.58. The number of pyridine rings is 1. The number of thiol groups is 1. The van der Waals surface area contributed by atoms with Crippen LogP contribution in [0.25, 0.3) is 0 Å². The fourth-order valence-electron chi connectivity index (χ4n) is 2.18. The van der Waals surface area contributed by atoms with Crippen molar-refractivity contribution in [1.82, 2.24) is 4.98 Å². The minimum atomic E-state index is -0.0720. The standard InChI is InChI=1S/C14H17N3O2S/c15-10-11-2-3-12(14(16-11)13(18)4-9-20)17-5-1-7-19-8-6-17/h2-3,20H,1,4-9H2. The lowest BCUT2D eigenvalue weighted by atomic mass is 10.1. The van der Waals surface area contributed by atoms with E-state index < -0.39 is 0 Å². The second-order valence-electron chi connectivity index (χ2n) is 4.53. The quantitative estimate of drug-likeness (QED) is 0.675. The molecule has 0 unspecified atom stereocenters. The van der Waals surface area contributed by atoms with Gasteiger partial charge in [0.2, 0.25) is 0 Å². The summed E-state index contributed by atoms with van der Waals surface area (Å²) in [6, 6.07) is 5.44. The smallest absolute Gasteiger partial charge is 0.184 e. The van der Waals surface area contributed by atoms with Crippen molar-refractivity contribution < 1.29 is 9.53 Å². The van der Waals surface area contributed by atoms with Gasteiger partial charge in [0.05, 0.1) is 12.3 Å². The number of ketones is 1. The van der Waals surface area contributed by atoms with Gasteiger partial charge in [-0.25, -0.2) is 4.98 Å². The zero-order valence-electron chi connectivity index (χ0n) is 11.2. The van der Waals surface area contributed by atoms with Crippen molar-refractivity contribution in [1.29, 1.82) is 5.26 Å². The molecule has 6 heteroatoms. The first-order chi connectivity index (χ1) is 9.76. The van der Waals surface area contributed by atoms with Crippen LogP contribution >= 0.6 is 12.6 Å². The molecular weight excluding hydrogens is 274 g/mol. The monoisotopic (exact) mass is 291 g/mol. The number of nitrogens with zero attached hydrogens (tertiary/aromatic N) is 3. The highest BCUT2D eigenvalue weighted by molar-refractivity contribution is 7.80. The molecule has 0 aliphatic carbocycles. The summed E-state index contributed by atoms with van der Waals surface area (Å²) in [5.74, 6) is 0.400. The maximum atomic E-state index is 12.2. The van der Waals surface area contributed by atoms with E-state index in [9.17, 15) is 4.79 Å². The number of carbonyl (C=O) groups is 1. The van der Waals surface area contributed by atoms with Crippen LogP contribution in [0.3, 0.4) is 0 Å². The summed E-state index contributed by atoms with van der Waals surface area (Å²) in [7, 11) is 0. The van der Waals surface area contributed by atoms with E-state index >= 15 is 0 Å². The molecule has 0 bridgehead atoms. The maximum absolute atomic E-state index is 12.2. The van der Waals surface area contributed by atoms with Gasteiger partial charge in [0, 0.05) is 26.1 Å². The van der Waals surface area contributed by atoms with Gasteiger partial charge in [-0.1, -0.05) is 0 Å². The fourth-order valence-corrected chi connectivity index (χ4v) is 2.38. The van der Waals surface area contributed by atoms with Gasteiger partial charge in [-0.15, -0.1) is 0 Å². The molecule has 0 spiro atoms. The van der Waals surface area contributed by atoms with Crippen LogP contribution in [0.15, 0.2) is 12.1 Å². The molecule has 0 atom stereocenters. The van der Waals surface area contributed by atoms with Gasteiger partial charge in [0.1, 0.15) is 17.5 Å². The summed E-state index contributed by atoms with van der Waals surface area (Å²) in [6.45, 7) is 2.93. The number of anilines is 1. The summed E-state index contributed by atoms with van der Waals surface area (Å²) in [6.07, 6.45) is 1.24. The molecule has 1 fully saturated rings. The SMILES string of the molecule is N#Cc1ccc(N2CCCOCC2)c(C(=O)CCS)n1. The molecule has 0 aromatic carbocycles. The third-order valence-electron chi connectivity index (χ3n) is 3.15. The fraction of sp³-hybridized carbons (Fsp3) is 0.500. The number of hydrogen-bond acceptors (Lipinski definition) is 6. The van der Waals surface area contributed by atoms with Crippen molar-refractivity contribution in [2.24, 2.45) is 0 Å². The molecule has 0 saturated carbocycles. The molecule has 2 rings (SSSR count). The third kappa shape index (κ3) is 3.50. The Morgan fingerprint density at radius 2 is 2.30 bits per heavy atom. The number of hydrogen-bond donors (Lipinski definition) is 1. The molecule has 20 heavy (non-hydrogen) atoms. The molecule has 1 aromatic rings. The van der Waals surface area contributed by atoms with E-state index in [-0.39, 0.29) is 11.5 Å². The van der Waals surface area contributed by atoms with Crippen molar-refractivity contribution in [3.05, 3.63) is 23.5 Å². The van der Waals surface area contributed by atoms with E-state index in [2.05, 4.69) is 22.5 Å². The Kier molecular flexibility index (Phi) is 5.39. The van der Waals surface area contributed by atoms with E-state index in [1.807, 2.05) is 12.1 Å². The Morgan fingerprint density at radius 1 is 1.45 bits per heavy atom. The van der Waals surface area contributed by atoms with Crippen LogP contribution in [0.5, 0.6) is 0 Å². The second kappa shape index (κ2) is 7.27. The van der Waals surface area contributed by atoms with Crippen LogP contribution in [0.2, 0.25) is 0 Å². The number of rotatable bonds is 4. The second-order valence-corrected chi connectivity index (χ2v) is 4.97. The van der Waals surface area contributed by atoms with Gasteiger partial charge in [-0.3, -0.25) is 4.79 Å². The van der Waals surface area contributed by atoms with Crippen molar-refractivity contribution in [2.45, 2.75) is 12.8 Å². The number of carbonyl (C=O) groups excluding carboxylic acids is 1. The van der Waals surface area contributed by atoms with Crippen molar-refractivity contribution in [3.8, 4) is 6.07 Å². The van der Waals surface area contributed by atoms with E-state index in [0.717, 1.165) is 31.8 Å². The minimum absolute atomic E-state index is 0.0720. The van der Waals surface area contributed by atoms with Crippen LogP contribution < -0.4 is 4.90 Å². The van der Waals surface area contributed by atoms with Crippen LogP contribution in [0, 0.1) is 11.3 Å². The zero-order chi connectivity index (χ0) is 14.4. The molecule has 1 aliphatic rings. The Balaban J connectivity index is 2.35. The van der Waals surface area contributed by atoms with Crippen molar-refractivity contribution in [2.75, 3.05) is 37.0 Å². The van der Waals surface area contributed by atoms with Crippen LogP contribution in [-0.2, 0) is 4.74 Å². The topological polar surface area (TPSA) is 66.2 Å². The first kappa shape index (κ1) is 14.8. The van der Waals surface area contributed by atoms with Crippen molar-refractivity contribution in [3.63, 3.8) is 0 Å². The van der Waals surface area contributed by atoms with Gasteiger partial charge >= 0.3 is 0 Å². The molecule has 0 radical (unpaired) electrons. The largest absolute Gasteiger partial charge is 0.380 e. The first-order valence-electron chi connectivity index (χ1n) is 6.64. The summed E-state index contributed by atoms with van der Waals surface area (Å²) in [4.78, 5) is 18.5. The summed E-state index contributed by atoms with van der Waals surface area (Å²) in [5.41, 5.74) is 1.43. The Bertz CT molecular complexity index is 520. The van der Waals surface area contributed by atoms with Gasteiger partial charge < -0.3 is 9.64 Å². The Labute approximate surface area is 124 Å². The summed E-state index contributed by atoms with van der Waals surface area (Å²) >= 11 is 4.09. The highest BCUT2D eigenvalue weighted by Gasteiger charge is 2.19. The molecule has 1 saturated heterocycles. The average Bonchev–Trinajstić information content (AvgIpc) is 2.76. The van der Waals surface area contributed by atoms with Crippen LogP contribution in [-0.4, -0.2) is 42.8 Å². The molecule has 0 N–H and O–H groups in total. The highest BCUT2D eigenvalue weighted by atomic mass is 32.1. The lowest BCUT2D eigenvalue weighted by Crippen LogP contribution is -2.28. The molecule has 1 aromatic heterocycles. The molecule has 106 valence electrons. The highest BCUT2D eigenvalue weighted by Crippen LogP contribution is 2.22. The lowest BCUT2D eigenvalue weighted by Gasteiger charge is -2.23. The van der Waals surface area contributed by atoms with E-state index in [4.69, 9.17) is 10.00 Å². The third-order valence-corrected chi connectivity index (χ3v) is 3.38. The van der Waals surface area contributed by atoms with Crippen LogP contribution in [0.4, 0.5) is 5.69 Å². The van der Waals surface area contributed by atoms with Gasteiger partial charge in [0.15, 0.2) is 5.78 Å². The number of Topliss-reactive ketones (excluding diaryl/α,β-unsaturated/α-hetero) is 1. The van der Waals surface area contributed by atoms with Crippen LogP contribution in [0.1, 0.15) is 29.0 Å². The van der Waals surface area contributed by atoms with Gasteiger partial charge in [-0.05, 0) is 24.3 Å². The predicted molar refractivity (Wildman–Crippen MR) is 79.4 cm³/mol. The average molecular weight is 291 g/mol. The first-order valence-corrected chi connectivity index (χ1v) is 7.27. The molecule has 0 amide bonds. The van der Waals surface area contributed by atoms with Gasteiger partial charge in [0.25, 0.3) is 0 Å². The Morgan fingerprint density at radius 3 is 3.05 bits per heavy atom. The number of aromatic nitrogens is 1. The predicted octanol–water partition coefficient (Wildman–Crippen LogP) is 1.68. The molecule has 1 aliphatic heterocycles. The molecule has 5 nitrogen and oxygen atoms in total. The van der Waals surface area contributed by atoms with E-state index in [1.54, 1.807) is 6.07 Å².